The van der Waals surface area contributed by atoms with E-state index >= 15 is 0 Å². The third-order valence-corrected chi connectivity index (χ3v) is 1.66. The van der Waals surface area contributed by atoms with E-state index in [4.69, 9.17) is 0 Å². The van der Waals surface area contributed by atoms with Crippen molar-refractivity contribution in [1.29, 1.82) is 0 Å². The lowest BCUT2D eigenvalue weighted by Gasteiger charge is -2.30. The van der Waals surface area contributed by atoms with Crippen LogP contribution in [0, 0.1) is 5.41 Å². The number of hydrogen-bond acceptors (Lipinski definition) is 1. The zero-order valence-corrected chi connectivity index (χ0v) is 6.52. The van der Waals surface area contributed by atoms with Crippen molar-refractivity contribution < 1.29 is 0 Å². The first-order chi connectivity index (χ1) is 4.10. The Morgan fingerprint density at radius 3 is 2.44 bits per heavy atom. The number of hydrogen-bond donors (Lipinski definition) is 0. The second-order valence-electron chi connectivity index (χ2n) is 3.59. The highest BCUT2D eigenvalue weighted by Crippen LogP contribution is 2.20. The third kappa shape index (κ3) is 1.83. The van der Waals surface area contributed by atoms with Gasteiger partial charge in [-0.3, -0.25) is 0 Å². The highest BCUT2D eigenvalue weighted by Gasteiger charge is 2.18. The van der Waals surface area contributed by atoms with Crippen molar-refractivity contribution in [3.05, 3.63) is 12.2 Å². The summed E-state index contributed by atoms with van der Waals surface area (Å²) in [6.45, 7) is 6.82. The maximum atomic E-state index is 2.33. The van der Waals surface area contributed by atoms with Crippen LogP contribution in [-0.4, -0.2) is 25.0 Å². The quantitative estimate of drug-likeness (QED) is 0.444. The van der Waals surface area contributed by atoms with Crippen LogP contribution in [0.5, 0.6) is 0 Å². The molecular formula is C8H15N. The van der Waals surface area contributed by atoms with E-state index in [-0.39, 0.29) is 0 Å². The lowest BCUT2D eigenvalue weighted by molar-refractivity contribution is 0.253. The fraction of sp³-hybridized carbons (Fsp3) is 0.750. The van der Waals surface area contributed by atoms with Gasteiger partial charge in [-0.25, -0.2) is 0 Å². The molecule has 0 aliphatic carbocycles. The molecule has 0 N–H and O–H groups in total. The molecule has 0 aromatic heterocycles. The summed E-state index contributed by atoms with van der Waals surface area (Å²) in [6.07, 6.45) is 4.54. The summed E-state index contributed by atoms with van der Waals surface area (Å²) >= 11 is 0. The molecule has 1 aliphatic heterocycles. The molecule has 0 amide bonds. The molecule has 0 spiro atoms. The third-order valence-electron chi connectivity index (χ3n) is 1.66. The van der Waals surface area contributed by atoms with E-state index in [1.165, 1.54) is 6.54 Å². The van der Waals surface area contributed by atoms with Gasteiger partial charge in [-0.2, -0.15) is 0 Å². The van der Waals surface area contributed by atoms with Crippen molar-refractivity contribution in [2.24, 2.45) is 5.41 Å². The Bertz CT molecular complexity index is 125. The summed E-state index contributed by atoms with van der Waals surface area (Å²) in [5.41, 5.74) is 0.396. The average molecular weight is 125 g/mol. The molecule has 1 heteroatoms. The van der Waals surface area contributed by atoms with E-state index in [0.717, 1.165) is 6.54 Å². The predicted molar refractivity (Wildman–Crippen MR) is 40.4 cm³/mol. The maximum Gasteiger partial charge on any atom is 0.0160 e. The van der Waals surface area contributed by atoms with Crippen LogP contribution in [-0.2, 0) is 0 Å². The highest BCUT2D eigenvalue weighted by atomic mass is 15.1. The van der Waals surface area contributed by atoms with Crippen molar-refractivity contribution in [2.45, 2.75) is 13.8 Å². The summed E-state index contributed by atoms with van der Waals surface area (Å²) in [5.74, 6) is 0. The van der Waals surface area contributed by atoms with Gasteiger partial charge in [0.05, 0.1) is 0 Å². The molecule has 0 saturated heterocycles. The molecule has 0 atom stereocenters. The predicted octanol–water partition coefficient (Wildman–Crippen LogP) is 1.51. The second kappa shape index (κ2) is 2.14. The topological polar surface area (TPSA) is 3.24 Å². The Kier molecular flexibility index (Phi) is 1.62. The van der Waals surface area contributed by atoms with E-state index in [9.17, 15) is 0 Å². The van der Waals surface area contributed by atoms with Gasteiger partial charge >= 0.3 is 0 Å². The lowest BCUT2D eigenvalue weighted by atomic mass is 9.90. The molecule has 0 aromatic rings. The van der Waals surface area contributed by atoms with Crippen LogP contribution in [0.15, 0.2) is 12.2 Å². The van der Waals surface area contributed by atoms with Crippen LogP contribution >= 0.6 is 0 Å². The molecule has 0 bridgehead atoms. The first kappa shape index (κ1) is 6.81. The first-order valence-electron chi connectivity index (χ1n) is 3.46. The molecule has 52 valence electrons. The molecule has 0 saturated carbocycles. The Morgan fingerprint density at radius 1 is 1.44 bits per heavy atom. The maximum absolute atomic E-state index is 2.33. The summed E-state index contributed by atoms with van der Waals surface area (Å²) in [4.78, 5) is 2.33. The minimum atomic E-state index is 0.396. The van der Waals surface area contributed by atoms with Crippen molar-refractivity contribution >= 4 is 0 Å². The molecule has 9 heavy (non-hydrogen) atoms. The van der Waals surface area contributed by atoms with Crippen LogP contribution in [0.4, 0.5) is 0 Å². The number of likely N-dealkylation sites (N-methyl/N-ethyl adjacent to an activating group) is 1. The van der Waals surface area contributed by atoms with Crippen LogP contribution in [0.3, 0.4) is 0 Å². The van der Waals surface area contributed by atoms with Gasteiger partial charge in [-0.05, 0) is 12.5 Å². The largest absolute Gasteiger partial charge is 0.302 e. The van der Waals surface area contributed by atoms with Gasteiger partial charge in [0, 0.05) is 13.1 Å². The molecule has 0 fully saturated rings. The molecule has 1 nitrogen and oxygen atoms in total. The molecule has 0 aromatic carbocycles. The second-order valence-corrected chi connectivity index (χ2v) is 3.59. The van der Waals surface area contributed by atoms with Crippen molar-refractivity contribution in [1.82, 2.24) is 4.90 Å². The zero-order chi connectivity index (χ0) is 6.91. The van der Waals surface area contributed by atoms with Crippen LogP contribution in [0.1, 0.15) is 13.8 Å². The normalized spacial score (nSPS) is 26.6. The summed E-state index contributed by atoms with van der Waals surface area (Å²) < 4.78 is 0. The lowest BCUT2D eigenvalue weighted by Crippen LogP contribution is -2.33. The van der Waals surface area contributed by atoms with Crippen molar-refractivity contribution in [3.8, 4) is 0 Å². The van der Waals surface area contributed by atoms with Gasteiger partial charge in [0.2, 0.25) is 0 Å². The first-order valence-corrected chi connectivity index (χ1v) is 3.46. The Labute approximate surface area is 57.4 Å². The Balaban J connectivity index is 2.60. The molecule has 1 heterocycles. The average Bonchev–Trinajstić information content (AvgIpc) is 1.60. The molecule has 0 unspecified atom stereocenters. The standard InChI is InChI=1S/C8H15N/c1-8(2)5-4-6-9(3)7-8/h4-5H,6-7H2,1-3H3. The minimum absolute atomic E-state index is 0.396. The molecule has 1 aliphatic rings. The fourth-order valence-electron chi connectivity index (χ4n) is 1.36. The summed E-state index contributed by atoms with van der Waals surface area (Å²) in [5, 5.41) is 0. The van der Waals surface area contributed by atoms with Gasteiger partial charge in [0.1, 0.15) is 0 Å². The SMILES string of the molecule is CN1CC=CC(C)(C)C1. The van der Waals surface area contributed by atoms with Crippen LogP contribution in [0.2, 0.25) is 0 Å². The van der Waals surface area contributed by atoms with Gasteiger partial charge in [0.15, 0.2) is 0 Å². The van der Waals surface area contributed by atoms with Crippen molar-refractivity contribution in [3.63, 3.8) is 0 Å². The van der Waals surface area contributed by atoms with Gasteiger partial charge in [-0.15, -0.1) is 0 Å². The van der Waals surface area contributed by atoms with E-state index in [1.807, 2.05) is 0 Å². The molecule has 1 rings (SSSR count). The minimum Gasteiger partial charge on any atom is -0.302 e. The van der Waals surface area contributed by atoms with Crippen LogP contribution in [0.25, 0.3) is 0 Å². The smallest absolute Gasteiger partial charge is 0.0160 e. The molecule has 0 radical (unpaired) electrons. The van der Waals surface area contributed by atoms with Gasteiger partial charge < -0.3 is 4.90 Å². The fourth-order valence-corrected chi connectivity index (χ4v) is 1.36. The van der Waals surface area contributed by atoms with E-state index < -0.39 is 0 Å². The monoisotopic (exact) mass is 125 g/mol. The van der Waals surface area contributed by atoms with Crippen LogP contribution < -0.4 is 0 Å². The van der Waals surface area contributed by atoms with E-state index in [0.29, 0.717) is 5.41 Å². The van der Waals surface area contributed by atoms with Gasteiger partial charge in [0.25, 0.3) is 0 Å². The highest BCUT2D eigenvalue weighted by molar-refractivity contribution is 5.01. The summed E-state index contributed by atoms with van der Waals surface area (Å²) in [7, 11) is 2.16. The number of nitrogens with zero attached hydrogens (tertiary/aromatic N) is 1. The molecular weight excluding hydrogens is 110 g/mol. The Morgan fingerprint density at radius 2 is 2.11 bits per heavy atom. The van der Waals surface area contributed by atoms with E-state index in [2.05, 4.69) is 37.9 Å². The van der Waals surface area contributed by atoms with Gasteiger partial charge in [-0.1, -0.05) is 26.0 Å². The zero-order valence-electron chi connectivity index (χ0n) is 6.52. The van der Waals surface area contributed by atoms with E-state index in [1.54, 1.807) is 0 Å². The Hall–Kier alpha value is -0.300. The van der Waals surface area contributed by atoms with Crippen molar-refractivity contribution in [2.75, 3.05) is 20.1 Å². The summed E-state index contributed by atoms with van der Waals surface area (Å²) in [6, 6.07) is 0. The number of rotatable bonds is 0.